The molecule has 1 fully saturated rings. The van der Waals surface area contributed by atoms with Gasteiger partial charge in [-0.05, 0) is 52.8 Å². The predicted octanol–water partition coefficient (Wildman–Crippen LogP) is 6.51. The Hall–Kier alpha value is -3.93. The molecule has 5 rings (SSSR count). The van der Waals surface area contributed by atoms with E-state index in [9.17, 15) is 4.79 Å². The SMILES string of the molecule is NCc1ccc(-c2ccccc2CN(C(=O)Nc2ccccc2)C2CCN(Cc3ccccc3)CC2)cc1. The average molecular weight is 505 g/mol. The van der Waals surface area contributed by atoms with E-state index in [0.717, 1.165) is 60.4 Å². The average Bonchev–Trinajstić information content (AvgIpc) is 2.98. The number of rotatable bonds is 8. The molecule has 0 spiro atoms. The summed E-state index contributed by atoms with van der Waals surface area (Å²) in [6.07, 6.45) is 1.89. The highest BCUT2D eigenvalue weighted by Crippen LogP contribution is 2.28. The first kappa shape index (κ1) is 25.7. The highest BCUT2D eigenvalue weighted by Gasteiger charge is 2.29. The molecule has 5 nitrogen and oxygen atoms in total. The Kier molecular flexibility index (Phi) is 8.49. The fourth-order valence-corrected chi connectivity index (χ4v) is 5.26. The lowest BCUT2D eigenvalue weighted by Gasteiger charge is -2.39. The molecule has 4 aromatic rings. The first-order valence-corrected chi connectivity index (χ1v) is 13.5. The quantitative estimate of drug-likeness (QED) is 0.287. The van der Waals surface area contributed by atoms with Gasteiger partial charge in [0.1, 0.15) is 0 Å². The third-order valence-corrected chi connectivity index (χ3v) is 7.39. The number of urea groups is 1. The Balaban J connectivity index is 1.36. The second-order valence-electron chi connectivity index (χ2n) is 9.98. The number of carbonyl (C=O) groups excluding carboxylic acids is 1. The van der Waals surface area contributed by atoms with E-state index in [1.54, 1.807) is 0 Å². The van der Waals surface area contributed by atoms with Crippen molar-refractivity contribution in [2.24, 2.45) is 5.73 Å². The maximum Gasteiger partial charge on any atom is 0.322 e. The number of likely N-dealkylation sites (tertiary alicyclic amines) is 1. The number of amides is 2. The fourth-order valence-electron chi connectivity index (χ4n) is 5.26. The minimum atomic E-state index is -0.0500. The van der Waals surface area contributed by atoms with Crippen LogP contribution in [-0.2, 0) is 19.6 Å². The zero-order valence-corrected chi connectivity index (χ0v) is 21.8. The molecule has 0 aliphatic carbocycles. The van der Waals surface area contributed by atoms with Gasteiger partial charge >= 0.3 is 6.03 Å². The Morgan fingerprint density at radius 1 is 0.789 bits per heavy atom. The molecule has 0 aromatic heterocycles. The molecule has 194 valence electrons. The van der Waals surface area contributed by atoms with Gasteiger partial charge in [-0.1, -0.05) is 97.1 Å². The summed E-state index contributed by atoms with van der Waals surface area (Å²) < 4.78 is 0. The molecular formula is C33H36N4O. The molecule has 5 heteroatoms. The van der Waals surface area contributed by atoms with Gasteiger partial charge in [0.15, 0.2) is 0 Å². The van der Waals surface area contributed by atoms with Gasteiger partial charge < -0.3 is 16.0 Å². The standard InChI is InChI=1S/C33H36N4O/c34-23-26-15-17-28(18-16-26)32-14-8-7-11-29(32)25-37(33(38)35-30-12-5-2-6-13-30)31-19-21-36(22-20-31)24-27-9-3-1-4-10-27/h1-18,31H,19-25,34H2,(H,35,38). The molecule has 2 amide bonds. The van der Waals surface area contributed by atoms with Crippen molar-refractivity contribution in [2.45, 2.75) is 38.5 Å². The van der Waals surface area contributed by atoms with Gasteiger partial charge in [-0.15, -0.1) is 0 Å². The fraction of sp³-hybridized carbons (Fsp3) is 0.242. The van der Waals surface area contributed by atoms with Crippen LogP contribution in [0.25, 0.3) is 11.1 Å². The van der Waals surface area contributed by atoms with Crippen LogP contribution in [-0.4, -0.2) is 35.0 Å². The van der Waals surface area contributed by atoms with Crippen LogP contribution in [0.4, 0.5) is 10.5 Å². The molecule has 1 aliphatic heterocycles. The van der Waals surface area contributed by atoms with Crippen LogP contribution in [0.15, 0.2) is 109 Å². The number of carbonyl (C=O) groups is 1. The summed E-state index contributed by atoms with van der Waals surface area (Å²) in [5, 5.41) is 3.14. The highest BCUT2D eigenvalue weighted by atomic mass is 16.2. The number of hydrogen-bond acceptors (Lipinski definition) is 3. The Labute approximate surface area is 225 Å². The van der Waals surface area contributed by atoms with E-state index in [4.69, 9.17) is 5.73 Å². The Bertz CT molecular complexity index is 1300. The number of nitrogens with zero attached hydrogens (tertiary/aromatic N) is 2. The molecule has 3 N–H and O–H groups in total. The van der Waals surface area contributed by atoms with Crippen molar-refractivity contribution in [3.63, 3.8) is 0 Å². The molecule has 0 atom stereocenters. The zero-order chi connectivity index (χ0) is 26.2. The van der Waals surface area contributed by atoms with Crippen LogP contribution in [0.1, 0.15) is 29.5 Å². The summed E-state index contributed by atoms with van der Waals surface area (Å²) in [7, 11) is 0. The highest BCUT2D eigenvalue weighted by molar-refractivity contribution is 5.89. The van der Waals surface area contributed by atoms with E-state index in [1.165, 1.54) is 5.56 Å². The van der Waals surface area contributed by atoms with Gasteiger partial charge in [0.25, 0.3) is 0 Å². The van der Waals surface area contributed by atoms with Gasteiger partial charge in [-0.25, -0.2) is 4.79 Å². The third kappa shape index (κ3) is 6.49. The van der Waals surface area contributed by atoms with Crippen molar-refractivity contribution in [1.82, 2.24) is 9.80 Å². The van der Waals surface area contributed by atoms with Gasteiger partial charge in [0.2, 0.25) is 0 Å². The summed E-state index contributed by atoms with van der Waals surface area (Å²) in [5.41, 5.74) is 12.5. The first-order valence-electron chi connectivity index (χ1n) is 13.5. The van der Waals surface area contributed by atoms with Crippen molar-refractivity contribution in [3.8, 4) is 11.1 Å². The van der Waals surface area contributed by atoms with Gasteiger partial charge in [0.05, 0.1) is 0 Å². The van der Waals surface area contributed by atoms with Crippen molar-refractivity contribution < 1.29 is 4.79 Å². The molecular weight excluding hydrogens is 468 g/mol. The van der Waals surface area contributed by atoms with Crippen LogP contribution in [0.3, 0.4) is 0 Å². The Morgan fingerprint density at radius 2 is 1.42 bits per heavy atom. The second-order valence-corrected chi connectivity index (χ2v) is 9.98. The zero-order valence-electron chi connectivity index (χ0n) is 21.8. The van der Waals surface area contributed by atoms with E-state index >= 15 is 0 Å². The lowest BCUT2D eigenvalue weighted by Crippen LogP contribution is -2.48. The first-order chi connectivity index (χ1) is 18.7. The van der Waals surface area contributed by atoms with E-state index in [-0.39, 0.29) is 12.1 Å². The maximum absolute atomic E-state index is 13.7. The van der Waals surface area contributed by atoms with Gasteiger partial charge in [-0.2, -0.15) is 0 Å². The summed E-state index contributed by atoms with van der Waals surface area (Å²) in [6, 6.07) is 37.3. The minimum Gasteiger partial charge on any atom is -0.326 e. The van der Waals surface area contributed by atoms with Crippen LogP contribution in [0, 0.1) is 0 Å². The Morgan fingerprint density at radius 3 is 2.11 bits per heavy atom. The molecule has 0 unspecified atom stereocenters. The summed E-state index contributed by atoms with van der Waals surface area (Å²) in [6.45, 7) is 3.97. The smallest absolute Gasteiger partial charge is 0.322 e. The predicted molar refractivity (Wildman–Crippen MR) is 156 cm³/mol. The number of hydrogen-bond donors (Lipinski definition) is 2. The number of nitrogens with two attached hydrogens (primary N) is 1. The largest absolute Gasteiger partial charge is 0.326 e. The van der Waals surface area contributed by atoms with Crippen molar-refractivity contribution >= 4 is 11.7 Å². The normalized spacial score (nSPS) is 14.2. The van der Waals surface area contributed by atoms with Crippen LogP contribution in [0.2, 0.25) is 0 Å². The molecule has 1 aliphatic rings. The lowest BCUT2D eigenvalue weighted by molar-refractivity contribution is 0.120. The van der Waals surface area contributed by atoms with E-state index in [2.05, 4.69) is 89.1 Å². The molecule has 4 aromatic carbocycles. The number of anilines is 1. The number of piperidine rings is 1. The van der Waals surface area contributed by atoms with E-state index in [0.29, 0.717) is 13.1 Å². The van der Waals surface area contributed by atoms with Crippen molar-refractivity contribution in [2.75, 3.05) is 18.4 Å². The summed E-state index contributed by atoms with van der Waals surface area (Å²) in [4.78, 5) is 18.2. The third-order valence-electron chi connectivity index (χ3n) is 7.39. The minimum absolute atomic E-state index is 0.0500. The second kappa shape index (κ2) is 12.5. The van der Waals surface area contributed by atoms with E-state index < -0.39 is 0 Å². The summed E-state index contributed by atoms with van der Waals surface area (Å²) >= 11 is 0. The molecule has 1 saturated heterocycles. The van der Waals surface area contributed by atoms with Gasteiger partial charge in [-0.3, -0.25) is 4.90 Å². The maximum atomic E-state index is 13.7. The van der Waals surface area contributed by atoms with Gasteiger partial charge in [0, 0.05) is 44.5 Å². The van der Waals surface area contributed by atoms with E-state index in [1.807, 2.05) is 35.2 Å². The molecule has 0 saturated carbocycles. The molecule has 0 radical (unpaired) electrons. The lowest BCUT2D eigenvalue weighted by atomic mass is 9.96. The number of para-hydroxylation sites is 1. The van der Waals surface area contributed by atoms with Crippen molar-refractivity contribution in [1.29, 1.82) is 0 Å². The van der Waals surface area contributed by atoms with Crippen LogP contribution >= 0.6 is 0 Å². The molecule has 0 bridgehead atoms. The van der Waals surface area contributed by atoms with Crippen molar-refractivity contribution in [3.05, 3.63) is 126 Å². The van der Waals surface area contributed by atoms with Crippen LogP contribution < -0.4 is 11.1 Å². The monoisotopic (exact) mass is 504 g/mol. The van der Waals surface area contributed by atoms with Crippen LogP contribution in [0.5, 0.6) is 0 Å². The topological polar surface area (TPSA) is 61.6 Å². The number of nitrogens with one attached hydrogen (secondary N) is 1. The molecule has 38 heavy (non-hydrogen) atoms. The molecule has 1 heterocycles. The number of benzene rings is 4. The summed E-state index contributed by atoms with van der Waals surface area (Å²) in [5.74, 6) is 0.